The summed E-state index contributed by atoms with van der Waals surface area (Å²) in [5, 5.41) is 1.26. The number of halogens is 3. The van der Waals surface area contributed by atoms with E-state index in [2.05, 4.69) is 4.99 Å². The lowest BCUT2D eigenvalue weighted by Gasteiger charge is -2.23. The standard InChI is InChI=1S/C34H31Cl3N2O7S/c1-5-43-26-11-9-20(15-27(26)44-6-2)30-23(33(41)42-4)17-38-34-39(30)32(40)29(47-34)14-19-12-25(37)31(28(13-19)45-7-3)46-18-21-8-10-22(35)16-24(21)36/h8-17,30H,5-7,18H2,1-4H3/b29-14-/t30-/m0/s1. The van der Waals surface area contributed by atoms with Gasteiger partial charge < -0.3 is 23.7 Å². The molecule has 13 heteroatoms. The molecule has 9 nitrogen and oxygen atoms in total. The minimum absolute atomic E-state index is 0.132. The maximum atomic E-state index is 14.1. The van der Waals surface area contributed by atoms with Crippen molar-refractivity contribution in [3.8, 4) is 23.0 Å². The number of thiazole rings is 1. The number of carbonyl (C=O) groups excluding carboxylic acids is 1. The summed E-state index contributed by atoms with van der Waals surface area (Å²) in [5.41, 5.74) is 1.79. The van der Waals surface area contributed by atoms with Crippen LogP contribution >= 0.6 is 46.1 Å². The summed E-state index contributed by atoms with van der Waals surface area (Å²) in [6.07, 6.45) is 3.13. The maximum Gasteiger partial charge on any atom is 0.337 e. The van der Waals surface area contributed by atoms with Gasteiger partial charge in [0.15, 0.2) is 27.8 Å². The normalized spacial score (nSPS) is 14.1. The van der Waals surface area contributed by atoms with Crippen molar-refractivity contribution in [3.05, 3.63) is 112 Å². The molecule has 1 aliphatic rings. The first kappa shape index (κ1) is 34.4. The second-order valence-corrected chi connectivity index (χ2v) is 12.3. The Balaban J connectivity index is 1.57. The third kappa shape index (κ3) is 7.46. The van der Waals surface area contributed by atoms with Crippen molar-refractivity contribution >= 4 is 58.2 Å². The van der Waals surface area contributed by atoms with E-state index in [1.807, 2.05) is 20.8 Å². The Hall–Kier alpha value is -3.96. The molecule has 0 saturated carbocycles. The number of esters is 1. The molecule has 5 rings (SSSR count). The predicted molar refractivity (Wildman–Crippen MR) is 183 cm³/mol. The third-order valence-electron chi connectivity index (χ3n) is 7.02. The number of rotatable bonds is 12. The highest BCUT2D eigenvalue weighted by molar-refractivity contribution is 7.07. The minimum atomic E-state index is -0.825. The second-order valence-electron chi connectivity index (χ2n) is 10.0. The molecule has 0 amide bonds. The van der Waals surface area contributed by atoms with Crippen LogP contribution in [0.4, 0.5) is 0 Å². The molecule has 0 radical (unpaired) electrons. The molecule has 1 aromatic heterocycles. The molecule has 0 N–H and O–H groups in total. The number of fused-ring (bicyclic) bond motifs is 1. The van der Waals surface area contributed by atoms with Gasteiger partial charge in [0.25, 0.3) is 5.56 Å². The van der Waals surface area contributed by atoms with E-state index in [1.165, 1.54) is 29.2 Å². The number of methoxy groups -OCH3 is 1. The Morgan fingerprint density at radius 2 is 1.62 bits per heavy atom. The Morgan fingerprint density at radius 3 is 2.32 bits per heavy atom. The molecular formula is C34H31Cl3N2O7S. The van der Waals surface area contributed by atoms with Gasteiger partial charge in [0, 0.05) is 21.8 Å². The average molecular weight is 718 g/mol. The molecule has 0 fully saturated rings. The van der Waals surface area contributed by atoms with E-state index in [9.17, 15) is 9.59 Å². The van der Waals surface area contributed by atoms with Crippen molar-refractivity contribution in [1.29, 1.82) is 0 Å². The highest BCUT2D eigenvalue weighted by Crippen LogP contribution is 2.38. The van der Waals surface area contributed by atoms with Crippen LogP contribution in [0.3, 0.4) is 0 Å². The van der Waals surface area contributed by atoms with Crippen LogP contribution in [0.1, 0.15) is 43.5 Å². The molecule has 246 valence electrons. The van der Waals surface area contributed by atoms with Crippen LogP contribution < -0.4 is 33.8 Å². The quantitative estimate of drug-likeness (QED) is 0.150. The van der Waals surface area contributed by atoms with E-state index in [0.29, 0.717) is 73.3 Å². The first-order valence-electron chi connectivity index (χ1n) is 14.7. The molecule has 0 spiro atoms. The smallest absolute Gasteiger partial charge is 0.337 e. The van der Waals surface area contributed by atoms with Gasteiger partial charge in [-0.15, -0.1) is 0 Å². The molecule has 4 aromatic rings. The van der Waals surface area contributed by atoms with E-state index in [1.54, 1.807) is 54.6 Å². The molecular weight excluding hydrogens is 687 g/mol. The van der Waals surface area contributed by atoms with Crippen molar-refractivity contribution in [3.63, 3.8) is 0 Å². The topological polar surface area (TPSA) is 97.6 Å². The number of benzene rings is 3. The first-order valence-corrected chi connectivity index (χ1v) is 16.7. The molecule has 0 saturated heterocycles. The van der Waals surface area contributed by atoms with Gasteiger partial charge in [-0.2, -0.15) is 0 Å². The van der Waals surface area contributed by atoms with Crippen molar-refractivity contribution in [2.24, 2.45) is 4.99 Å². The Morgan fingerprint density at radius 1 is 0.894 bits per heavy atom. The Kier molecular flexibility index (Phi) is 11.2. The van der Waals surface area contributed by atoms with Crippen molar-refractivity contribution in [1.82, 2.24) is 4.57 Å². The van der Waals surface area contributed by atoms with Crippen LogP contribution in [0, 0.1) is 0 Å². The molecule has 1 aliphatic heterocycles. The van der Waals surface area contributed by atoms with E-state index < -0.39 is 12.0 Å². The lowest BCUT2D eigenvalue weighted by atomic mass is 9.97. The number of ether oxygens (including phenoxy) is 5. The van der Waals surface area contributed by atoms with Crippen molar-refractivity contribution in [2.45, 2.75) is 33.4 Å². The second kappa shape index (κ2) is 15.3. The number of hydrogen-bond acceptors (Lipinski definition) is 9. The van der Waals surface area contributed by atoms with Crippen LogP contribution in [0.5, 0.6) is 23.0 Å². The largest absolute Gasteiger partial charge is 0.490 e. The highest BCUT2D eigenvalue weighted by Gasteiger charge is 2.31. The molecule has 1 atom stereocenters. The summed E-state index contributed by atoms with van der Waals surface area (Å²) in [4.78, 5) is 31.8. The predicted octanol–water partition coefficient (Wildman–Crippen LogP) is 6.75. The van der Waals surface area contributed by atoms with E-state index in [-0.39, 0.29) is 22.8 Å². The van der Waals surface area contributed by atoms with Crippen LogP contribution in [-0.4, -0.2) is 37.5 Å². The van der Waals surface area contributed by atoms with Gasteiger partial charge in [-0.1, -0.05) is 58.3 Å². The Bertz CT molecular complexity index is 2020. The van der Waals surface area contributed by atoms with Gasteiger partial charge >= 0.3 is 5.97 Å². The molecule has 0 aliphatic carbocycles. The number of hydrogen-bond donors (Lipinski definition) is 0. The fraction of sp³-hybridized carbons (Fsp3) is 0.265. The van der Waals surface area contributed by atoms with Gasteiger partial charge in [0.1, 0.15) is 6.61 Å². The summed E-state index contributed by atoms with van der Waals surface area (Å²) in [5.74, 6) is 1.17. The fourth-order valence-corrected chi connectivity index (χ4v) is 6.71. The van der Waals surface area contributed by atoms with Gasteiger partial charge in [-0.25, -0.2) is 9.79 Å². The zero-order valence-electron chi connectivity index (χ0n) is 26.0. The average Bonchev–Trinajstić information content (AvgIpc) is 3.36. The van der Waals surface area contributed by atoms with Crippen molar-refractivity contribution in [2.75, 3.05) is 26.9 Å². The molecule has 3 aromatic carbocycles. The minimum Gasteiger partial charge on any atom is -0.490 e. The van der Waals surface area contributed by atoms with E-state index in [0.717, 1.165) is 5.56 Å². The number of nitrogens with zero attached hydrogens (tertiary/aromatic N) is 2. The summed E-state index contributed by atoms with van der Waals surface area (Å²) in [7, 11) is 1.28. The third-order valence-corrected chi connectivity index (χ3v) is 8.89. The molecule has 2 heterocycles. The van der Waals surface area contributed by atoms with E-state index >= 15 is 0 Å². The lowest BCUT2D eigenvalue weighted by Crippen LogP contribution is -2.39. The molecule has 0 bridgehead atoms. The van der Waals surface area contributed by atoms with Gasteiger partial charge in [-0.05, 0) is 74.4 Å². The van der Waals surface area contributed by atoms with Gasteiger partial charge in [-0.3, -0.25) is 9.36 Å². The molecule has 0 unspecified atom stereocenters. The summed E-state index contributed by atoms with van der Waals surface area (Å²) in [6, 6.07) is 13.1. The monoisotopic (exact) mass is 716 g/mol. The van der Waals surface area contributed by atoms with Crippen LogP contribution in [0.2, 0.25) is 15.1 Å². The summed E-state index contributed by atoms with van der Waals surface area (Å²) >= 11 is 20.2. The zero-order valence-corrected chi connectivity index (χ0v) is 29.1. The Labute approximate surface area is 290 Å². The fourth-order valence-electron chi connectivity index (χ4n) is 5.00. The number of carbonyl (C=O) groups is 1. The number of aromatic nitrogens is 1. The SMILES string of the molecule is CCOc1ccc([C@H]2C(C(=O)OC)=CN=c3s/c(=C\c4cc(Cl)c(OCc5ccc(Cl)cc5Cl)c(OCC)c4)c(=O)n32)cc1OCC. The van der Waals surface area contributed by atoms with E-state index in [4.69, 9.17) is 58.5 Å². The van der Waals surface area contributed by atoms with Crippen LogP contribution in [0.15, 0.2) is 70.1 Å². The van der Waals surface area contributed by atoms with Gasteiger partial charge in [0.2, 0.25) is 0 Å². The van der Waals surface area contributed by atoms with Crippen LogP contribution in [0.25, 0.3) is 6.08 Å². The zero-order chi connectivity index (χ0) is 33.7. The van der Waals surface area contributed by atoms with Crippen molar-refractivity contribution < 1.29 is 28.5 Å². The van der Waals surface area contributed by atoms with Gasteiger partial charge in [0.05, 0.1) is 48.1 Å². The summed E-state index contributed by atoms with van der Waals surface area (Å²) in [6.45, 7) is 6.91. The summed E-state index contributed by atoms with van der Waals surface area (Å²) < 4.78 is 30.4. The van der Waals surface area contributed by atoms with Crippen LogP contribution in [-0.2, 0) is 16.1 Å². The molecule has 47 heavy (non-hydrogen) atoms. The first-order chi connectivity index (χ1) is 22.7. The maximum absolute atomic E-state index is 14.1. The highest BCUT2D eigenvalue weighted by atomic mass is 35.5. The lowest BCUT2D eigenvalue weighted by molar-refractivity contribution is -0.136.